The van der Waals surface area contributed by atoms with Crippen molar-refractivity contribution in [3.8, 4) is 0 Å². The Morgan fingerprint density at radius 2 is 1.72 bits per heavy atom. The molecule has 1 saturated heterocycles. The van der Waals surface area contributed by atoms with Crippen LogP contribution in [0.15, 0.2) is 4.90 Å². The van der Waals surface area contributed by atoms with Crippen LogP contribution in [-0.4, -0.2) is 48.3 Å². The Morgan fingerprint density at radius 3 is 2.32 bits per heavy atom. The Hall–Kier alpha value is -0.920. The van der Waals surface area contributed by atoms with Gasteiger partial charge in [0.15, 0.2) is 0 Å². The van der Waals surface area contributed by atoms with Crippen LogP contribution in [-0.2, 0) is 17.1 Å². The predicted molar refractivity (Wildman–Crippen MR) is 99.1 cm³/mol. The first kappa shape index (κ1) is 18.9. The van der Waals surface area contributed by atoms with Gasteiger partial charge >= 0.3 is 0 Å². The van der Waals surface area contributed by atoms with Gasteiger partial charge in [0, 0.05) is 25.7 Å². The minimum Gasteiger partial charge on any atom is -0.299 e. The first-order valence-corrected chi connectivity index (χ1v) is 11.1. The Labute approximate surface area is 152 Å². The van der Waals surface area contributed by atoms with Gasteiger partial charge < -0.3 is 0 Å². The molecule has 1 saturated carbocycles. The van der Waals surface area contributed by atoms with E-state index in [4.69, 9.17) is 0 Å². The Morgan fingerprint density at radius 1 is 1.04 bits per heavy atom. The summed E-state index contributed by atoms with van der Waals surface area (Å²) >= 11 is 0. The molecule has 1 unspecified atom stereocenters. The lowest BCUT2D eigenvalue weighted by molar-refractivity contribution is 0.132. The average molecular weight is 369 g/mol. The molecule has 0 amide bonds. The molecule has 7 heteroatoms. The number of sulfonamides is 1. The molecule has 0 radical (unpaired) electrons. The van der Waals surface area contributed by atoms with Gasteiger partial charge in [-0.15, -0.1) is 0 Å². The molecule has 6 nitrogen and oxygen atoms in total. The quantitative estimate of drug-likeness (QED) is 0.829. The van der Waals surface area contributed by atoms with Crippen LogP contribution in [0.25, 0.3) is 0 Å². The van der Waals surface area contributed by atoms with Crippen molar-refractivity contribution in [2.24, 2.45) is 7.05 Å². The second kappa shape index (κ2) is 7.76. The summed E-state index contributed by atoms with van der Waals surface area (Å²) in [5, 5.41) is 4.26. The van der Waals surface area contributed by atoms with E-state index in [0.717, 1.165) is 25.9 Å². The Kier molecular flexibility index (Phi) is 5.85. The second-order valence-electron chi connectivity index (χ2n) is 7.72. The standard InChI is InChI=1S/C18H32N4O2S/c1-14-18(15(2)21(3)19-14)25(23,24)20-16-9-8-12-22(13-16)17-10-6-4-5-7-11-17/h16-17,20H,4-13H2,1-3H3. The molecule has 2 heterocycles. The fourth-order valence-electron chi connectivity index (χ4n) is 4.48. The zero-order chi connectivity index (χ0) is 18.0. The zero-order valence-electron chi connectivity index (χ0n) is 15.8. The van der Waals surface area contributed by atoms with Gasteiger partial charge in [0.2, 0.25) is 10.0 Å². The van der Waals surface area contributed by atoms with Crippen molar-refractivity contribution >= 4 is 10.0 Å². The molecular formula is C18H32N4O2S. The number of likely N-dealkylation sites (tertiary alicyclic amines) is 1. The normalized spacial score (nSPS) is 24.4. The number of aryl methyl sites for hydroxylation is 2. The molecule has 0 bridgehead atoms. The first-order chi connectivity index (χ1) is 11.9. The van der Waals surface area contributed by atoms with Crippen molar-refractivity contribution in [1.82, 2.24) is 19.4 Å². The molecular weight excluding hydrogens is 336 g/mol. The van der Waals surface area contributed by atoms with E-state index in [1.807, 2.05) is 6.92 Å². The first-order valence-electron chi connectivity index (χ1n) is 9.65. The molecule has 1 aromatic rings. The molecule has 3 rings (SSSR count). The number of piperidine rings is 1. The summed E-state index contributed by atoms with van der Waals surface area (Å²) < 4.78 is 30.4. The van der Waals surface area contributed by atoms with E-state index in [1.54, 1.807) is 18.7 Å². The van der Waals surface area contributed by atoms with E-state index in [2.05, 4.69) is 14.7 Å². The SMILES string of the molecule is Cc1nn(C)c(C)c1S(=O)(=O)NC1CCCN(C2CCCCCC2)C1. The topological polar surface area (TPSA) is 67.2 Å². The summed E-state index contributed by atoms with van der Waals surface area (Å²) in [6.45, 7) is 5.52. The highest BCUT2D eigenvalue weighted by Crippen LogP contribution is 2.26. The molecule has 142 valence electrons. The number of rotatable bonds is 4. The summed E-state index contributed by atoms with van der Waals surface area (Å²) in [5.41, 5.74) is 1.27. The van der Waals surface area contributed by atoms with E-state index < -0.39 is 10.0 Å². The highest BCUT2D eigenvalue weighted by atomic mass is 32.2. The van der Waals surface area contributed by atoms with Gasteiger partial charge in [-0.1, -0.05) is 25.7 Å². The Balaban J connectivity index is 1.69. The largest absolute Gasteiger partial charge is 0.299 e. The third kappa shape index (κ3) is 4.26. The van der Waals surface area contributed by atoms with Crippen LogP contribution in [0.1, 0.15) is 62.8 Å². The van der Waals surface area contributed by atoms with E-state index >= 15 is 0 Å². The van der Waals surface area contributed by atoms with E-state index in [0.29, 0.717) is 22.3 Å². The molecule has 1 aliphatic carbocycles. The highest BCUT2D eigenvalue weighted by molar-refractivity contribution is 7.89. The van der Waals surface area contributed by atoms with Crippen LogP contribution < -0.4 is 4.72 Å². The monoisotopic (exact) mass is 368 g/mol. The lowest BCUT2D eigenvalue weighted by Gasteiger charge is -2.38. The molecule has 1 aromatic heterocycles. The highest BCUT2D eigenvalue weighted by Gasteiger charge is 2.31. The third-order valence-corrected chi connectivity index (χ3v) is 7.60. The predicted octanol–water partition coefficient (Wildman–Crippen LogP) is 2.50. The summed E-state index contributed by atoms with van der Waals surface area (Å²) in [5.74, 6) is 0. The van der Waals surface area contributed by atoms with Gasteiger partial charge in [-0.2, -0.15) is 5.10 Å². The summed E-state index contributed by atoms with van der Waals surface area (Å²) in [7, 11) is -1.73. The summed E-state index contributed by atoms with van der Waals surface area (Å²) in [4.78, 5) is 2.88. The van der Waals surface area contributed by atoms with Crippen LogP contribution in [0.5, 0.6) is 0 Å². The maximum atomic E-state index is 12.9. The second-order valence-corrected chi connectivity index (χ2v) is 9.38. The third-order valence-electron chi connectivity index (χ3n) is 5.83. The maximum absolute atomic E-state index is 12.9. The fourth-order valence-corrected chi connectivity index (χ4v) is 6.18. The maximum Gasteiger partial charge on any atom is 0.244 e. The van der Waals surface area contributed by atoms with Gasteiger partial charge in [0.25, 0.3) is 0 Å². The van der Waals surface area contributed by atoms with Gasteiger partial charge in [0.1, 0.15) is 4.90 Å². The fraction of sp³-hybridized carbons (Fsp3) is 0.833. The van der Waals surface area contributed by atoms with Gasteiger partial charge in [-0.05, 0) is 46.1 Å². The van der Waals surface area contributed by atoms with E-state index in [-0.39, 0.29) is 6.04 Å². The van der Waals surface area contributed by atoms with E-state index in [1.165, 1.54) is 38.5 Å². The zero-order valence-corrected chi connectivity index (χ0v) is 16.6. The van der Waals surface area contributed by atoms with Gasteiger partial charge in [-0.25, -0.2) is 13.1 Å². The number of nitrogens with zero attached hydrogens (tertiary/aromatic N) is 3. The molecule has 2 aliphatic rings. The lowest BCUT2D eigenvalue weighted by Crippen LogP contribution is -2.50. The van der Waals surface area contributed by atoms with Crippen molar-refractivity contribution < 1.29 is 8.42 Å². The van der Waals surface area contributed by atoms with Crippen molar-refractivity contribution in [2.45, 2.75) is 82.2 Å². The molecule has 1 atom stereocenters. The molecule has 1 aliphatic heterocycles. The van der Waals surface area contributed by atoms with Gasteiger partial charge in [0.05, 0.1) is 11.4 Å². The smallest absolute Gasteiger partial charge is 0.244 e. The van der Waals surface area contributed by atoms with Gasteiger partial charge in [-0.3, -0.25) is 9.58 Å². The minimum absolute atomic E-state index is 0.000934. The van der Waals surface area contributed by atoms with Crippen LogP contribution in [0.4, 0.5) is 0 Å². The summed E-state index contributed by atoms with van der Waals surface area (Å²) in [6.07, 6.45) is 9.83. The summed E-state index contributed by atoms with van der Waals surface area (Å²) in [6, 6.07) is 0.637. The van der Waals surface area contributed by atoms with Crippen molar-refractivity contribution in [3.05, 3.63) is 11.4 Å². The van der Waals surface area contributed by atoms with Crippen LogP contribution >= 0.6 is 0 Å². The van der Waals surface area contributed by atoms with Crippen molar-refractivity contribution in [3.63, 3.8) is 0 Å². The Bertz CT molecular complexity index is 690. The molecule has 0 spiro atoms. The van der Waals surface area contributed by atoms with Crippen LogP contribution in [0.2, 0.25) is 0 Å². The average Bonchev–Trinajstić information content (AvgIpc) is 2.74. The molecule has 1 N–H and O–H groups in total. The van der Waals surface area contributed by atoms with Crippen molar-refractivity contribution in [2.75, 3.05) is 13.1 Å². The molecule has 0 aromatic carbocycles. The van der Waals surface area contributed by atoms with E-state index in [9.17, 15) is 8.42 Å². The number of hydrogen-bond acceptors (Lipinski definition) is 4. The molecule has 25 heavy (non-hydrogen) atoms. The van der Waals surface area contributed by atoms with Crippen LogP contribution in [0, 0.1) is 13.8 Å². The minimum atomic E-state index is -3.52. The molecule has 2 fully saturated rings. The number of nitrogens with one attached hydrogen (secondary N) is 1. The number of aromatic nitrogens is 2. The van der Waals surface area contributed by atoms with Crippen molar-refractivity contribution in [1.29, 1.82) is 0 Å². The lowest BCUT2D eigenvalue weighted by atomic mass is 10.0. The van der Waals surface area contributed by atoms with Crippen LogP contribution in [0.3, 0.4) is 0 Å². The number of hydrogen-bond donors (Lipinski definition) is 1.